The standard InChI is InChI=1S/C12H15FN2.2ClH/c13-10-1-2-11-9(7-10)3-5-15-6-4-14-8-12(11)15;;/h1-2,7,12,14H,3-6,8H2;2*1H. The normalized spacial score (nSPS) is 22.8. The largest absolute Gasteiger partial charge is 0.314 e. The van der Waals surface area contributed by atoms with Gasteiger partial charge >= 0.3 is 0 Å². The van der Waals surface area contributed by atoms with Crippen molar-refractivity contribution in [2.24, 2.45) is 0 Å². The van der Waals surface area contributed by atoms with Gasteiger partial charge in [0.15, 0.2) is 0 Å². The van der Waals surface area contributed by atoms with E-state index in [1.165, 1.54) is 11.1 Å². The number of rotatable bonds is 0. The summed E-state index contributed by atoms with van der Waals surface area (Å²) < 4.78 is 13.1. The van der Waals surface area contributed by atoms with Gasteiger partial charge in [0, 0.05) is 32.2 Å². The third kappa shape index (κ3) is 2.74. The number of hydrogen-bond acceptors (Lipinski definition) is 2. The maximum atomic E-state index is 13.1. The molecule has 1 fully saturated rings. The summed E-state index contributed by atoms with van der Waals surface area (Å²) in [5.74, 6) is -0.106. The molecule has 0 saturated carbocycles. The molecule has 96 valence electrons. The van der Waals surface area contributed by atoms with Gasteiger partial charge in [0.2, 0.25) is 0 Å². The molecule has 1 atom stereocenters. The predicted octanol–water partition coefficient (Wildman–Crippen LogP) is 2.17. The average molecular weight is 279 g/mol. The van der Waals surface area contributed by atoms with Crippen molar-refractivity contribution in [3.05, 3.63) is 35.1 Å². The molecule has 0 spiro atoms. The van der Waals surface area contributed by atoms with Crippen LogP contribution in [0.1, 0.15) is 17.2 Å². The summed E-state index contributed by atoms with van der Waals surface area (Å²) in [5.41, 5.74) is 2.51. The highest BCUT2D eigenvalue weighted by atomic mass is 35.5. The first kappa shape index (κ1) is 14.7. The Kier molecular flexibility index (Phi) is 5.20. The van der Waals surface area contributed by atoms with Crippen LogP contribution < -0.4 is 5.32 Å². The van der Waals surface area contributed by atoms with Gasteiger partial charge in [-0.2, -0.15) is 0 Å². The molecule has 0 radical (unpaired) electrons. The molecule has 0 aromatic heterocycles. The lowest BCUT2D eigenvalue weighted by Crippen LogP contribution is -2.48. The molecular weight excluding hydrogens is 262 g/mol. The molecule has 2 aliphatic heterocycles. The second-order valence-corrected chi connectivity index (χ2v) is 4.35. The Bertz CT molecular complexity index is 387. The van der Waals surface area contributed by atoms with Gasteiger partial charge in [-0.1, -0.05) is 6.07 Å². The molecule has 5 heteroatoms. The lowest BCUT2D eigenvalue weighted by atomic mass is 9.91. The van der Waals surface area contributed by atoms with E-state index in [1.807, 2.05) is 6.07 Å². The SMILES string of the molecule is Cl.Cl.Fc1ccc2c(c1)CCN1CCNCC21. The van der Waals surface area contributed by atoms with Gasteiger partial charge in [-0.15, -0.1) is 24.8 Å². The number of piperazine rings is 1. The molecule has 1 aromatic carbocycles. The number of nitrogens with one attached hydrogen (secondary N) is 1. The smallest absolute Gasteiger partial charge is 0.123 e. The van der Waals surface area contributed by atoms with Crippen LogP contribution >= 0.6 is 24.8 Å². The molecule has 2 heterocycles. The molecule has 1 aromatic rings. The number of fused-ring (bicyclic) bond motifs is 3. The van der Waals surface area contributed by atoms with Crippen molar-refractivity contribution in [1.29, 1.82) is 0 Å². The Morgan fingerprint density at radius 3 is 2.88 bits per heavy atom. The lowest BCUT2D eigenvalue weighted by Gasteiger charge is -2.40. The van der Waals surface area contributed by atoms with Gasteiger partial charge in [0.1, 0.15) is 5.82 Å². The number of hydrogen-bond donors (Lipinski definition) is 1. The second-order valence-electron chi connectivity index (χ2n) is 4.35. The van der Waals surface area contributed by atoms with Crippen molar-refractivity contribution >= 4 is 24.8 Å². The van der Waals surface area contributed by atoms with E-state index in [0.29, 0.717) is 6.04 Å². The van der Waals surface area contributed by atoms with Crippen LogP contribution in [0, 0.1) is 5.82 Å². The van der Waals surface area contributed by atoms with Gasteiger partial charge < -0.3 is 5.32 Å². The van der Waals surface area contributed by atoms with E-state index in [0.717, 1.165) is 32.6 Å². The molecule has 0 bridgehead atoms. The molecule has 17 heavy (non-hydrogen) atoms. The lowest BCUT2D eigenvalue weighted by molar-refractivity contribution is 0.151. The van der Waals surface area contributed by atoms with Crippen molar-refractivity contribution in [1.82, 2.24) is 10.2 Å². The summed E-state index contributed by atoms with van der Waals surface area (Å²) >= 11 is 0. The molecule has 1 unspecified atom stereocenters. The maximum absolute atomic E-state index is 13.1. The summed E-state index contributed by atoms with van der Waals surface area (Å²) in [6.45, 7) is 4.26. The Morgan fingerprint density at radius 2 is 2.06 bits per heavy atom. The van der Waals surface area contributed by atoms with Gasteiger partial charge in [-0.05, 0) is 29.7 Å². The Hall–Kier alpha value is -0.350. The minimum Gasteiger partial charge on any atom is -0.314 e. The quantitative estimate of drug-likeness (QED) is 0.783. The Morgan fingerprint density at radius 1 is 1.24 bits per heavy atom. The zero-order valence-corrected chi connectivity index (χ0v) is 11.1. The van der Waals surface area contributed by atoms with E-state index >= 15 is 0 Å². The van der Waals surface area contributed by atoms with E-state index in [4.69, 9.17) is 0 Å². The summed E-state index contributed by atoms with van der Waals surface area (Å²) in [7, 11) is 0. The average Bonchev–Trinajstić information content (AvgIpc) is 2.28. The zero-order valence-electron chi connectivity index (χ0n) is 9.49. The molecule has 0 aliphatic carbocycles. The van der Waals surface area contributed by atoms with Crippen LogP contribution in [0.15, 0.2) is 18.2 Å². The summed E-state index contributed by atoms with van der Waals surface area (Å²) in [6, 6.07) is 5.69. The zero-order chi connectivity index (χ0) is 10.3. The monoisotopic (exact) mass is 278 g/mol. The third-order valence-electron chi connectivity index (χ3n) is 3.49. The predicted molar refractivity (Wildman–Crippen MR) is 71.8 cm³/mol. The van der Waals surface area contributed by atoms with Crippen LogP contribution in [0.2, 0.25) is 0 Å². The van der Waals surface area contributed by atoms with Crippen LogP contribution in [0.4, 0.5) is 4.39 Å². The van der Waals surface area contributed by atoms with Crippen molar-refractivity contribution in [2.45, 2.75) is 12.5 Å². The highest BCUT2D eigenvalue weighted by Crippen LogP contribution is 2.30. The van der Waals surface area contributed by atoms with Crippen LogP contribution in [0.3, 0.4) is 0 Å². The van der Waals surface area contributed by atoms with Gasteiger partial charge in [0.25, 0.3) is 0 Å². The molecule has 0 amide bonds. The molecule has 2 aliphatic rings. The van der Waals surface area contributed by atoms with Crippen molar-refractivity contribution < 1.29 is 4.39 Å². The second kappa shape index (κ2) is 6.01. The Balaban J connectivity index is 0.000000722. The Labute approximate surface area is 113 Å². The molecular formula is C12H17Cl2FN2. The summed E-state index contributed by atoms with van der Waals surface area (Å²) in [4.78, 5) is 2.50. The van der Waals surface area contributed by atoms with Crippen molar-refractivity contribution in [3.63, 3.8) is 0 Å². The van der Waals surface area contributed by atoms with Crippen molar-refractivity contribution in [2.75, 3.05) is 26.2 Å². The number of benzene rings is 1. The van der Waals surface area contributed by atoms with Crippen LogP contribution in [-0.2, 0) is 6.42 Å². The first-order valence-corrected chi connectivity index (χ1v) is 5.58. The highest BCUT2D eigenvalue weighted by molar-refractivity contribution is 5.85. The fourth-order valence-electron chi connectivity index (χ4n) is 2.70. The van der Waals surface area contributed by atoms with Crippen molar-refractivity contribution in [3.8, 4) is 0 Å². The van der Waals surface area contributed by atoms with E-state index in [9.17, 15) is 4.39 Å². The minimum atomic E-state index is -0.106. The van der Waals surface area contributed by atoms with Crippen LogP contribution in [0.25, 0.3) is 0 Å². The van der Waals surface area contributed by atoms with Gasteiger partial charge in [-0.3, -0.25) is 4.90 Å². The van der Waals surface area contributed by atoms with E-state index in [2.05, 4.69) is 10.2 Å². The van der Waals surface area contributed by atoms with E-state index in [1.54, 1.807) is 12.1 Å². The topological polar surface area (TPSA) is 15.3 Å². The summed E-state index contributed by atoms with van der Waals surface area (Å²) in [5, 5.41) is 3.40. The van der Waals surface area contributed by atoms with E-state index in [-0.39, 0.29) is 30.6 Å². The first-order valence-electron chi connectivity index (χ1n) is 5.58. The summed E-state index contributed by atoms with van der Waals surface area (Å²) in [6.07, 6.45) is 0.990. The highest BCUT2D eigenvalue weighted by Gasteiger charge is 2.29. The fraction of sp³-hybridized carbons (Fsp3) is 0.500. The van der Waals surface area contributed by atoms with Gasteiger partial charge in [-0.25, -0.2) is 4.39 Å². The number of halogens is 3. The third-order valence-corrected chi connectivity index (χ3v) is 3.49. The van der Waals surface area contributed by atoms with Crippen LogP contribution in [0.5, 0.6) is 0 Å². The molecule has 1 saturated heterocycles. The number of nitrogens with zero attached hydrogens (tertiary/aromatic N) is 1. The fourth-order valence-corrected chi connectivity index (χ4v) is 2.70. The van der Waals surface area contributed by atoms with Gasteiger partial charge in [0.05, 0.1) is 0 Å². The maximum Gasteiger partial charge on any atom is 0.123 e. The molecule has 3 rings (SSSR count). The molecule has 2 nitrogen and oxygen atoms in total. The van der Waals surface area contributed by atoms with Crippen LogP contribution in [-0.4, -0.2) is 31.1 Å². The molecule has 1 N–H and O–H groups in total. The minimum absolute atomic E-state index is 0. The first-order chi connectivity index (χ1) is 7.34. The van der Waals surface area contributed by atoms with E-state index < -0.39 is 0 Å².